The Hall–Kier alpha value is -14.6. The number of para-hydroxylation sites is 4. The topological polar surface area (TPSA) is 19.7 Å². The van der Waals surface area contributed by atoms with Gasteiger partial charge in [0.15, 0.2) is 0 Å². The predicted molar refractivity (Wildman–Crippen MR) is 586 cm³/mol. The van der Waals surface area contributed by atoms with Gasteiger partial charge in [-0.15, -0.1) is 90.7 Å². The number of aromatic nitrogens is 4. The van der Waals surface area contributed by atoms with Crippen molar-refractivity contribution in [3.8, 4) is 22.7 Å². The van der Waals surface area contributed by atoms with E-state index in [4.69, 9.17) is 0 Å². The molecule has 0 N–H and O–H groups in total. The maximum absolute atomic E-state index is 2.48. The van der Waals surface area contributed by atoms with Crippen molar-refractivity contribution in [2.75, 3.05) is 0 Å². The van der Waals surface area contributed by atoms with Crippen molar-refractivity contribution >= 4 is 339 Å². The molecule has 32 aromatic rings. The van der Waals surface area contributed by atoms with E-state index in [2.05, 4.69) is 431 Å². The molecule has 32 rings (SSSR count). The van der Waals surface area contributed by atoms with Crippen molar-refractivity contribution in [3.63, 3.8) is 0 Å². The van der Waals surface area contributed by atoms with Gasteiger partial charge < -0.3 is 18.3 Å². The molecule has 0 aliphatic heterocycles. The molecule has 0 saturated heterocycles. The van der Waals surface area contributed by atoms with Crippen LogP contribution < -0.4 is 0 Å². The van der Waals surface area contributed by atoms with E-state index in [0.717, 1.165) is 0 Å². The average Bonchev–Trinajstić information content (AvgIpc) is 1.54. The second-order valence-electron chi connectivity index (χ2n) is 34.4. The highest BCUT2D eigenvalue weighted by Crippen LogP contribution is 2.54. The van der Waals surface area contributed by atoms with Crippen LogP contribution in [0.3, 0.4) is 0 Å². The van der Waals surface area contributed by atoms with Gasteiger partial charge >= 0.3 is 0 Å². The summed E-state index contributed by atoms with van der Waals surface area (Å²) >= 11 is 15.4. The molecule has 0 fully saturated rings. The van der Waals surface area contributed by atoms with Crippen molar-refractivity contribution in [3.05, 3.63) is 413 Å². The molecular formula is C120H68N4S8. The van der Waals surface area contributed by atoms with Gasteiger partial charge in [-0.3, -0.25) is 0 Å². The minimum atomic E-state index is 1.21. The van der Waals surface area contributed by atoms with E-state index in [9.17, 15) is 0 Å². The van der Waals surface area contributed by atoms with Gasteiger partial charge in [0.1, 0.15) is 0 Å². The molecule has 12 heterocycles. The Labute approximate surface area is 785 Å². The van der Waals surface area contributed by atoms with E-state index in [1.165, 1.54) is 271 Å². The van der Waals surface area contributed by atoms with E-state index in [1.807, 2.05) is 90.7 Å². The van der Waals surface area contributed by atoms with E-state index in [1.54, 1.807) is 0 Å². The molecule has 0 saturated carbocycles. The molecule has 0 atom stereocenters. The second-order valence-corrected chi connectivity index (χ2v) is 42.8. The van der Waals surface area contributed by atoms with Gasteiger partial charge in [-0.1, -0.05) is 273 Å². The van der Waals surface area contributed by atoms with E-state index in [-0.39, 0.29) is 0 Å². The summed E-state index contributed by atoms with van der Waals surface area (Å²) in [7, 11) is 0. The summed E-state index contributed by atoms with van der Waals surface area (Å²) in [5.74, 6) is 0. The average molecular weight is 1820 g/mol. The summed E-state index contributed by atoms with van der Waals surface area (Å²) in [6, 6.07) is 151. The Morgan fingerprint density at radius 2 is 0.386 bits per heavy atom. The Kier molecular flexibility index (Phi) is 16.8. The first kappa shape index (κ1) is 75.2. The van der Waals surface area contributed by atoms with E-state index in [0.29, 0.717) is 0 Å². The molecule has 0 aliphatic rings. The number of fused-ring (bicyclic) bond motifs is 37. The fourth-order valence-corrected chi connectivity index (χ4v) is 31.8. The monoisotopic (exact) mass is 1820 g/mol. The highest BCUT2D eigenvalue weighted by molar-refractivity contribution is 7.39. The van der Waals surface area contributed by atoms with Crippen molar-refractivity contribution in [2.24, 2.45) is 0 Å². The molecule has 0 radical (unpaired) electrons. The van der Waals surface area contributed by atoms with Gasteiger partial charge in [-0.05, 0) is 183 Å². The number of rotatable bonds is 4. The van der Waals surface area contributed by atoms with Crippen molar-refractivity contribution < 1.29 is 0 Å². The molecule has 12 aromatic heterocycles. The lowest BCUT2D eigenvalue weighted by molar-refractivity contribution is 1.19. The summed E-state index contributed by atoms with van der Waals surface area (Å²) in [5.41, 5.74) is 15.0. The van der Waals surface area contributed by atoms with Crippen LogP contribution in [0.5, 0.6) is 0 Å². The Morgan fingerprint density at radius 3 is 0.773 bits per heavy atom. The highest BCUT2D eigenvalue weighted by Gasteiger charge is 2.26. The number of nitrogens with zero attached hydrogens (tertiary/aromatic N) is 4. The molecule has 20 aromatic carbocycles. The summed E-state index contributed by atoms with van der Waals surface area (Å²) < 4.78 is 32.0. The van der Waals surface area contributed by atoms with Crippen LogP contribution in [0.25, 0.3) is 271 Å². The molecule has 0 amide bonds. The van der Waals surface area contributed by atoms with Crippen LogP contribution in [0.1, 0.15) is 0 Å². The zero-order valence-corrected chi connectivity index (χ0v) is 76.8. The first-order valence-electron chi connectivity index (χ1n) is 44.5. The zero-order valence-electron chi connectivity index (χ0n) is 70.3. The molecule has 0 aliphatic carbocycles. The second kappa shape index (κ2) is 29.4. The van der Waals surface area contributed by atoms with Gasteiger partial charge in [0.05, 0.1) is 81.7 Å². The van der Waals surface area contributed by atoms with Crippen LogP contribution >= 0.6 is 90.7 Å². The van der Waals surface area contributed by atoms with Crippen molar-refractivity contribution in [2.45, 2.75) is 0 Å². The number of hydrogen-bond acceptors (Lipinski definition) is 8. The van der Waals surface area contributed by atoms with Crippen molar-refractivity contribution in [1.29, 1.82) is 0 Å². The van der Waals surface area contributed by atoms with Gasteiger partial charge in [0.25, 0.3) is 0 Å². The lowest BCUT2D eigenvalue weighted by Crippen LogP contribution is -1.94. The normalized spacial score (nSPS) is 12.2. The maximum Gasteiger partial charge on any atom is 0.0642 e. The smallest absolute Gasteiger partial charge is 0.0642 e. The third-order valence-electron chi connectivity index (χ3n) is 27.1. The van der Waals surface area contributed by atoms with Crippen molar-refractivity contribution in [1.82, 2.24) is 18.3 Å². The summed E-state index contributed by atoms with van der Waals surface area (Å²) in [5, 5.41) is 31.7. The molecular weight excluding hydrogens is 1750 g/mol. The number of hydrogen-bond donors (Lipinski definition) is 0. The molecule has 0 unspecified atom stereocenters. The molecule has 12 heteroatoms. The Balaban J connectivity index is 0.0000000862. The Morgan fingerprint density at radius 1 is 0.129 bits per heavy atom. The zero-order chi connectivity index (χ0) is 86.1. The van der Waals surface area contributed by atoms with Crippen LogP contribution in [-0.2, 0) is 0 Å². The Bertz CT molecular complexity index is 10200. The van der Waals surface area contributed by atoms with Crippen LogP contribution in [0.15, 0.2) is 413 Å². The minimum Gasteiger partial charge on any atom is -0.309 e. The van der Waals surface area contributed by atoms with E-state index >= 15 is 0 Å². The summed E-state index contributed by atoms with van der Waals surface area (Å²) in [4.78, 5) is 0. The fourth-order valence-electron chi connectivity index (χ4n) is 21.1. The largest absolute Gasteiger partial charge is 0.309 e. The standard InChI is InChI=1S/4C30H17NS2/c1-2-8-19-15-20(14-13-18(19)7-1)31-25-11-5-3-9-21(25)23-17-28-24(16-26(23)31)30-29(33-28)22-10-4-6-12-27(22)32-30;2*1-2-8-19-15-20(14-13-18(19)7-1)31-25-11-5-3-9-21(25)23-16-24-28(17-26(23)31)33-29-22-10-4-6-12-27(22)32-30(24)29;1-2-8-19-17-20(14-13-18(19)7-1)31-24-11-5-3-9-21(24)22-15-16-26-27(28(22)31)30-29(33-26)23-10-4-6-12-25(23)32-30/h4*1-17H. The summed E-state index contributed by atoms with van der Waals surface area (Å²) in [6.07, 6.45) is 0. The molecule has 0 bridgehead atoms. The summed E-state index contributed by atoms with van der Waals surface area (Å²) in [6.45, 7) is 0. The van der Waals surface area contributed by atoms with Gasteiger partial charge in [-0.2, -0.15) is 0 Å². The van der Waals surface area contributed by atoms with Crippen LogP contribution in [0.2, 0.25) is 0 Å². The maximum atomic E-state index is 2.48. The fraction of sp³-hybridized carbons (Fsp3) is 0. The van der Waals surface area contributed by atoms with Gasteiger partial charge in [-0.25, -0.2) is 0 Å². The van der Waals surface area contributed by atoms with E-state index < -0.39 is 0 Å². The van der Waals surface area contributed by atoms with Crippen LogP contribution in [0, 0.1) is 0 Å². The SMILES string of the molecule is c1ccc2cc(-n3c4ccccc4c4cc5c(cc43)sc3c4ccccc4sc53)ccc2c1.c1ccc2cc(-n3c4ccccc4c4cc5c(cc43)sc3c4ccccc4sc53)ccc2c1.c1ccc2cc(-n3c4ccccc4c4cc5sc6c7ccccc7sc6c5cc43)ccc2c1.c1ccc2cc(-n3c4ccccc4c4ccc5sc6c7ccccc7sc6c5c43)ccc2c1. The highest BCUT2D eigenvalue weighted by atomic mass is 32.1. The minimum absolute atomic E-state index is 1.21. The number of benzene rings is 20. The van der Waals surface area contributed by atoms with Crippen LogP contribution in [0.4, 0.5) is 0 Å². The van der Waals surface area contributed by atoms with Crippen LogP contribution in [-0.4, -0.2) is 18.3 Å². The third-order valence-corrected chi connectivity index (χ3v) is 37.2. The van der Waals surface area contributed by atoms with Gasteiger partial charge in [0.2, 0.25) is 0 Å². The first-order valence-corrected chi connectivity index (χ1v) is 51.0. The molecule has 132 heavy (non-hydrogen) atoms. The predicted octanol–water partition coefficient (Wildman–Crippen LogP) is 38.1. The molecule has 616 valence electrons. The lowest BCUT2D eigenvalue weighted by Gasteiger charge is -2.10. The molecule has 0 spiro atoms. The first-order chi connectivity index (χ1) is 65.4. The molecule has 4 nitrogen and oxygen atoms in total. The number of thiophene rings is 8. The quantitative estimate of drug-likeness (QED) is 0.167. The third kappa shape index (κ3) is 11.5. The van der Waals surface area contributed by atoms with Gasteiger partial charge in [0, 0.05) is 147 Å². The lowest BCUT2D eigenvalue weighted by atomic mass is 10.1.